The Kier molecular flexibility index (Phi) is 11.6. The van der Waals surface area contributed by atoms with E-state index in [2.05, 4.69) is 39.0 Å². The van der Waals surface area contributed by atoms with Gasteiger partial charge in [-0.15, -0.1) is 0 Å². The molecule has 4 N–H and O–H groups in total. The summed E-state index contributed by atoms with van der Waals surface area (Å²) in [4.78, 5) is 70.9. The second kappa shape index (κ2) is 16.5. The number of aromatic nitrogens is 4. The first kappa shape index (κ1) is 38.6. The van der Waals surface area contributed by atoms with Crippen LogP contribution in [0.2, 0.25) is 0 Å². The Labute approximate surface area is 320 Å². The van der Waals surface area contributed by atoms with Crippen molar-refractivity contribution in [3.63, 3.8) is 0 Å². The van der Waals surface area contributed by atoms with Gasteiger partial charge in [0.05, 0.1) is 43.0 Å². The number of methoxy groups -OCH3 is 2. The third-order valence-electron chi connectivity index (χ3n) is 10.1. The number of likely N-dealkylation sites (tertiary alicyclic amines) is 2. The summed E-state index contributed by atoms with van der Waals surface area (Å²) < 4.78 is 9.50. The minimum absolute atomic E-state index is 0.116. The molecule has 2 saturated heterocycles. The van der Waals surface area contributed by atoms with Gasteiger partial charge in [0, 0.05) is 36.0 Å². The quantitative estimate of drug-likeness (QED) is 0.126. The summed E-state index contributed by atoms with van der Waals surface area (Å²) in [6.07, 6.45) is 2.70. The van der Waals surface area contributed by atoms with Crippen LogP contribution in [0.15, 0.2) is 60.8 Å². The Hall–Kier alpha value is -6.10. The molecule has 0 saturated carbocycles. The van der Waals surface area contributed by atoms with E-state index in [1.54, 1.807) is 9.80 Å². The van der Waals surface area contributed by atoms with Crippen molar-refractivity contribution in [3.8, 4) is 23.1 Å². The molecule has 55 heavy (non-hydrogen) atoms. The fourth-order valence-electron chi connectivity index (χ4n) is 7.13. The van der Waals surface area contributed by atoms with Crippen molar-refractivity contribution < 1.29 is 28.7 Å². The number of benzene rings is 2. The molecule has 4 amide bonds. The zero-order chi connectivity index (χ0) is 39.4. The summed E-state index contributed by atoms with van der Waals surface area (Å²) >= 11 is 0. The summed E-state index contributed by atoms with van der Waals surface area (Å²) in [7, 11) is 2.55. The standard InChI is InChI=1S/C41H48N8O6/c1-23(2)34(46-40(52)54-6)38(50)48-18-8-9-32(48)37-43-29-17-14-27(20-30(29)44-37)11-10-26-12-15-28(16-13-26)31-21-42-36(45-31)33-19-25(5)22-49(33)39(51)35(24(3)4)47-41(53)55-7/h12-17,20-21,23-24,32-35H,5,8-9,18-19,22H2,1-4,6-7H3,(H,42,45)(H,43,44)(H,46,52)(H,47,53)/t32-,33-,34-,35-/m0/s1. The van der Waals surface area contributed by atoms with Crippen LogP contribution in [-0.4, -0.2) is 93.1 Å². The molecule has 14 nitrogen and oxygen atoms in total. The highest BCUT2D eigenvalue weighted by molar-refractivity contribution is 5.87. The molecule has 4 heterocycles. The maximum Gasteiger partial charge on any atom is 0.407 e. The normalized spacial score (nSPS) is 17.9. The summed E-state index contributed by atoms with van der Waals surface area (Å²) in [6, 6.07) is 11.6. The number of H-pyrrole nitrogens is 2. The van der Waals surface area contributed by atoms with Crippen LogP contribution in [0.5, 0.6) is 0 Å². The fourth-order valence-corrected chi connectivity index (χ4v) is 7.13. The first-order valence-electron chi connectivity index (χ1n) is 18.5. The van der Waals surface area contributed by atoms with E-state index in [0.717, 1.165) is 51.8 Å². The highest BCUT2D eigenvalue weighted by atomic mass is 16.5. The molecule has 4 aromatic rings. The summed E-state index contributed by atoms with van der Waals surface area (Å²) in [5, 5.41) is 5.36. The molecular weight excluding hydrogens is 701 g/mol. The van der Waals surface area contributed by atoms with E-state index in [1.807, 2.05) is 76.4 Å². The van der Waals surface area contributed by atoms with Crippen molar-refractivity contribution in [2.75, 3.05) is 27.3 Å². The number of hydrogen-bond donors (Lipinski definition) is 4. The van der Waals surface area contributed by atoms with Crippen molar-refractivity contribution in [3.05, 3.63) is 83.6 Å². The van der Waals surface area contributed by atoms with Crippen LogP contribution in [-0.2, 0) is 19.1 Å². The number of hydrogen-bond acceptors (Lipinski definition) is 8. The monoisotopic (exact) mass is 748 g/mol. The van der Waals surface area contributed by atoms with Gasteiger partial charge in [0.15, 0.2) is 0 Å². The number of amides is 4. The molecule has 0 radical (unpaired) electrons. The predicted molar refractivity (Wildman–Crippen MR) is 206 cm³/mol. The van der Waals surface area contributed by atoms with Crippen molar-refractivity contribution in [2.45, 2.75) is 71.1 Å². The Morgan fingerprint density at radius 1 is 0.836 bits per heavy atom. The van der Waals surface area contributed by atoms with E-state index in [9.17, 15) is 19.2 Å². The van der Waals surface area contributed by atoms with E-state index in [4.69, 9.17) is 19.4 Å². The van der Waals surface area contributed by atoms with Crippen molar-refractivity contribution in [1.82, 2.24) is 40.4 Å². The van der Waals surface area contributed by atoms with Crippen LogP contribution in [0.3, 0.4) is 0 Å². The Bertz CT molecular complexity index is 2140. The molecule has 0 unspecified atom stereocenters. The lowest BCUT2D eigenvalue weighted by Gasteiger charge is -2.29. The lowest BCUT2D eigenvalue weighted by Crippen LogP contribution is -2.51. The number of nitrogens with one attached hydrogen (secondary N) is 4. The van der Waals surface area contributed by atoms with Gasteiger partial charge in [-0.05, 0) is 61.4 Å². The number of nitrogens with zero attached hydrogens (tertiary/aromatic N) is 4. The van der Waals surface area contributed by atoms with E-state index in [-0.39, 0.29) is 35.7 Å². The molecule has 0 aliphatic carbocycles. The van der Waals surface area contributed by atoms with Crippen LogP contribution in [0.25, 0.3) is 22.3 Å². The van der Waals surface area contributed by atoms with Crippen LogP contribution < -0.4 is 10.6 Å². The first-order valence-corrected chi connectivity index (χ1v) is 18.5. The lowest BCUT2D eigenvalue weighted by molar-refractivity contribution is -0.136. The van der Waals surface area contributed by atoms with Crippen molar-refractivity contribution in [2.24, 2.45) is 11.8 Å². The molecular formula is C41H48N8O6. The van der Waals surface area contributed by atoms with Gasteiger partial charge in [0.1, 0.15) is 23.7 Å². The van der Waals surface area contributed by atoms with Crippen LogP contribution >= 0.6 is 0 Å². The molecule has 2 aromatic heterocycles. The highest BCUT2D eigenvalue weighted by Crippen LogP contribution is 2.35. The molecule has 288 valence electrons. The number of ether oxygens (including phenoxy) is 2. The van der Waals surface area contributed by atoms with Crippen LogP contribution in [0.1, 0.15) is 81.8 Å². The molecule has 2 aliphatic heterocycles. The number of carbonyl (C=O) groups excluding carboxylic acids is 4. The summed E-state index contributed by atoms with van der Waals surface area (Å²) in [6.45, 7) is 12.6. The number of imidazole rings is 2. The highest BCUT2D eigenvalue weighted by Gasteiger charge is 2.39. The maximum atomic E-state index is 13.6. The molecule has 0 spiro atoms. The molecule has 14 heteroatoms. The molecule has 2 aliphatic rings. The van der Waals surface area contributed by atoms with Crippen molar-refractivity contribution >= 4 is 35.0 Å². The van der Waals surface area contributed by atoms with Crippen LogP contribution in [0, 0.1) is 23.7 Å². The smallest absolute Gasteiger partial charge is 0.407 e. The number of carbonyl (C=O) groups is 4. The van der Waals surface area contributed by atoms with E-state index in [1.165, 1.54) is 14.2 Å². The van der Waals surface area contributed by atoms with Gasteiger partial charge in [-0.25, -0.2) is 19.6 Å². The topological polar surface area (TPSA) is 175 Å². The summed E-state index contributed by atoms with van der Waals surface area (Å²) in [5.41, 5.74) is 5.75. The third kappa shape index (κ3) is 8.51. The van der Waals surface area contributed by atoms with Gasteiger partial charge in [-0.2, -0.15) is 0 Å². The van der Waals surface area contributed by atoms with Crippen LogP contribution in [0.4, 0.5) is 9.59 Å². The number of aromatic amines is 2. The van der Waals surface area contributed by atoms with Gasteiger partial charge in [0.2, 0.25) is 11.8 Å². The maximum absolute atomic E-state index is 13.6. The largest absolute Gasteiger partial charge is 0.453 e. The Morgan fingerprint density at radius 2 is 1.45 bits per heavy atom. The minimum Gasteiger partial charge on any atom is -0.453 e. The average Bonchev–Trinajstić information content (AvgIpc) is 4.00. The Balaban J connectivity index is 1.13. The van der Waals surface area contributed by atoms with Gasteiger partial charge in [-0.3, -0.25) is 9.59 Å². The summed E-state index contributed by atoms with van der Waals surface area (Å²) in [5.74, 6) is 7.19. The molecule has 4 atom stereocenters. The second-order valence-electron chi connectivity index (χ2n) is 14.7. The molecule has 2 aromatic carbocycles. The average molecular weight is 749 g/mol. The van der Waals surface area contributed by atoms with E-state index < -0.39 is 24.3 Å². The third-order valence-corrected chi connectivity index (χ3v) is 10.1. The predicted octanol–water partition coefficient (Wildman–Crippen LogP) is 5.61. The lowest BCUT2D eigenvalue weighted by atomic mass is 10.0. The van der Waals surface area contributed by atoms with Crippen molar-refractivity contribution in [1.29, 1.82) is 0 Å². The van der Waals surface area contributed by atoms with Gasteiger partial charge < -0.3 is 39.9 Å². The zero-order valence-corrected chi connectivity index (χ0v) is 32.1. The minimum atomic E-state index is -0.746. The number of alkyl carbamates (subject to hydrolysis) is 2. The molecule has 0 bridgehead atoms. The van der Waals surface area contributed by atoms with Gasteiger partial charge in [-0.1, -0.05) is 63.8 Å². The molecule has 6 rings (SSSR count). The molecule has 2 fully saturated rings. The number of fused-ring (bicyclic) bond motifs is 1. The first-order chi connectivity index (χ1) is 26.4. The number of rotatable bonds is 9. The van der Waals surface area contributed by atoms with Gasteiger partial charge >= 0.3 is 12.2 Å². The van der Waals surface area contributed by atoms with E-state index in [0.29, 0.717) is 31.2 Å². The Morgan fingerprint density at radius 3 is 2.09 bits per heavy atom. The second-order valence-corrected chi connectivity index (χ2v) is 14.7. The van der Waals surface area contributed by atoms with Gasteiger partial charge in [0.25, 0.3) is 0 Å². The van der Waals surface area contributed by atoms with E-state index >= 15 is 0 Å². The fraction of sp³-hybridized carbons (Fsp3) is 0.415. The zero-order valence-electron chi connectivity index (χ0n) is 32.1. The SMILES string of the molecule is C=C1C[C@@H](c2nc(-c3ccc(C#Cc4ccc5[nH]c([C@@H]6CCCN6C(=O)[C@@H](NC(=O)OC)C(C)C)nc5c4)cc3)c[nH]2)N(C(=O)[C@@H](NC(=O)OC)C(C)C)C1.